The van der Waals surface area contributed by atoms with E-state index >= 15 is 0 Å². The summed E-state index contributed by atoms with van der Waals surface area (Å²) >= 11 is 0. The molecule has 0 spiro atoms. The van der Waals surface area contributed by atoms with Crippen LogP contribution in [-0.2, 0) is 10.0 Å². The maximum atomic E-state index is 13.5. The Bertz CT molecular complexity index is 569. The van der Waals surface area contributed by atoms with Crippen molar-refractivity contribution in [3.8, 4) is 0 Å². The molecule has 0 amide bonds. The van der Waals surface area contributed by atoms with Crippen molar-refractivity contribution in [3.63, 3.8) is 0 Å². The first kappa shape index (κ1) is 16.9. The molecule has 0 heterocycles. The number of hydrogen-bond donors (Lipinski definition) is 2. The quantitative estimate of drug-likeness (QED) is 0.843. The summed E-state index contributed by atoms with van der Waals surface area (Å²) in [6.07, 6.45) is 0.682. The smallest absolute Gasteiger partial charge is 0.246 e. The highest BCUT2D eigenvalue weighted by molar-refractivity contribution is 7.89. The minimum absolute atomic E-state index is 0.210. The largest absolute Gasteiger partial charge is 0.330 e. The van der Waals surface area contributed by atoms with Gasteiger partial charge in [0.1, 0.15) is 17.5 Å². The molecule has 1 unspecified atom stereocenters. The molecule has 20 heavy (non-hydrogen) atoms. The SMILES string of the molecule is CCC(C)(CCN)NS(=O)(=O)c1c(F)cc(F)cc1F. The molecule has 0 fully saturated rings. The molecule has 1 aromatic rings. The topological polar surface area (TPSA) is 72.2 Å². The van der Waals surface area contributed by atoms with Gasteiger partial charge >= 0.3 is 0 Å². The van der Waals surface area contributed by atoms with E-state index in [1.807, 2.05) is 0 Å². The maximum absolute atomic E-state index is 13.5. The minimum atomic E-state index is -4.45. The zero-order valence-electron chi connectivity index (χ0n) is 11.2. The highest BCUT2D eigenvalue weighted by Gasteiger charge is 2.32. The van der Waals surface area contributed by atoms with Crippen LogP contribution in [0.2, 0.25) is 0 Å². The van der Waals surface area contributed by atoms with E-state index in [1.54, 1.807) is 13.8 Å². The monoisotopic (exact) mass is 310 g/mol. The van der Waals surface area contributed by atoms with Gasteiger partial charge < -0.3 is 5.73 Å². The van der Waals surface area contributed by atoms with E-state index in [1.165, 1.54) is 0 Å². The van der Waals surface area contributed by atoms with E-state index in [0.29, 0.717) is 25.0 Å². The third kappa shape index (κ3) is 3.71. The molecular formula is C12H17F3N2O2S. The maximum Gasteiger partial charge on any atom is 0.246 e. The molecule has 0 aliphatic carbocycles. The normalized spacial score (nSPS) is 15.1. The van der Waals surface area contributed by atoms with Crippen LogP contribution in [0, 0.1) is 17.5 Å². The molecule has 0 saturated carbocycles. The lowest BCUT2D eigenvalue weighted by molar-refractivity contribution is 0.376. The molecule has 0 bridgehead atoms. The summed E-state index contributed by atoms with van der Waals surface area (Å²) in [5, 5.41) is 0. The van der Waals surface area contributed by atoms with Crippen LogP contribution in [0.5, 0.6) is 0 Å². The van der Waals surface area contributed by atoms with Crippen molar-refractivity contribution >= 4 is 10.0 Å². The lowest BCUT2D eigenvalue weighted by Crippen LogP contribution is -2.47. The van der Waals surface area contributed by atoms with Gasteiger partial charge in [0.2, 0.25) is 10.0 Å². The molecule has 0 aliphatic heterocycles. The molecule has 1 atom stereocenters. The summed E-state index contributed by atoms with van der Waals surface area (Å²) in [7, 11) is -4.45. The van der Waals surface area contributed by atoms with Gasteiger partial charge in [-0.25, -0.2) is 26.3 Å². The Kier molecular flexibility index (Phi) is 5.17. The molecule has 0 aliphatic rings. The van der Waals surface area contributed by atoms with E-state index < -0.39 is 37.9 Å². The van der Waals surface area contributed by atoms with Gasteiger partial charge in [0.05, 0.1) is 0 Å². The van der Waals surface area contributed by atoms with E-state index in [2.05, 4.69) is 4.72 Å². The first-order valence-corrected chi connectivity index (χ1v) is 7.52. The molecule has 114 valence electrons. The molecule has 8 heteroatoms. The second kappa shape index (κ2) is 6.11. The van der Waals surface area contributed by atoms with Crippen LogP contribution in [0.3, 0.4) is 0 Å². The Hall–Kier alpha value is -1.12. The second-order valence-electron chi connectivity index (χ2n) is 4.76. The van der Waals surface area contributed by atoms with Gasteiger partial charge in [-0.05, 0) is 26.3 Å². The first-order valence-electron chi connectivity index (χ1n) is 6.04. The van der Waals surface area contributed by atoms with E-state index in [9.17, 15) is 21.6 Å². The summed E-state index contributed by atoms with van der Waals surface area (Å²) in [5.74, 6) is -4.12. The van der Waals surface area contributed by atoms with Gasteiger partial charge in [-0.15, -0.1) is 0 Å². The Morgan fingerprint density at radius 2 is 1.75 bits per heavy atom. The zero-order valence-corrected chi connectivity index (χ0v) is 12.0. The first-order chi connectivity index (χ1) is 9.15. The van der Waals surface area contributed by atoms with Gasteiger partial charge in [-0.3, -0.25) is 0 Å². The summed E-state index contributed by atoms with van der Waals surface area (Å²) in [5.41, 5.74) is 4.47. The summed E-state index contributed by atoms with van der Waals surface area (Å²) in [4.78, 5) is -1.18. The fourth-order valence-corrected chi connectivity index (χ4v) is 3.41. The Labute approximate surface area is 116 Å². The lowest BCUT2D eigenvalue weighted by atomic mass is 9.96. The van der Waals surface area contributed by atoms with Crippen LogP contribution in [-0.4, -0.2) is 20.5 Å². The second-order valence-corrected chi connectivity index (χ2v) is 6.38. The van der Waals surface area contributed by atoms with Gasteiger partial charge in [0.15, 0.2) is 4.90 Å². The molecule has 1 aromatic carbocycles. The number of nitrogens with two attached hydrogens (primary N) is 1. The lowest BCUT2D eigenvalue weighted by Gasteiger charge is -2.28. The average molecular weight is 310 g/mol. The number of benzene rings is 1. The fourth-order valence-electron chi connectivity index (χ4n) is 1.78. The van der Waals surface area contributed by atoms with Crippen LogP contribution >= 0.6 is 0 Å². The molecular weight excluding hydrogens is 293 g/mol. The van der Waals surface area contributed by atoms with E-state index in [0.717, 1.165) is 0 Å². The third-order valence-electron chi connectivity index (χ3n) is 3.09. The molecule has 0 aromatic heterocycles. The average Bonchev–Trinajstić information content (AvgIpc) is 2.26. The van der Waals surface area contributed by atoms with Crippen LogP contribution in [0.4, 0.5) is 13.2 Å². The zero-order chi connectivity index (χ0) is 15.6. The van der Waals surface area contributed by atoms with Crippen LogP contribution in [0.1, 0.15) is 26.7 Å². The van der Waals surface area contributed by atoms with Crippen LogP contribution in [0.25, 0.3) is 0 Å². The van der Waals surface area contributed by atoms with Crippen molar-refractivity contribution < 1.29 is 21.6 Å². The summed E-state index contributed by atoms with van der Waals surface area (Å²) < 4.78 is 66.3. The predicted octanol–water partition coefficient (Wildman–Crippen LogP) is 1.90. The van der Waals surface area contributed by atoms with Crippen molar-refractivity contribution in [2.45, 2.75) is 37.1 Å². The summed E-state index contributed by atoms with van der Waals surface area (Å²) in [6.45, 7) is 3.51. The van der Waals surface area contributed by atoms with Crippen LogP contribution in [0.15, 0.2) is 17.0 Å². The molecule has 0 saturated heterocycles. The Balaban J connectivity index is 3.25. The number of rotatable bonds is 6. The molecule has 0 radical (unpaired) electrons. The van der Waals surface area contributed by atoms with Gasteiger partial charge in [0.25, 0.3) is 0 Å². The number of hydrogen-bond acceptors (Lipinski definition) is 3. The highest BCUT2D eigenvalue weighted by Crippen LogP contribution is 2.23. The van der Waals surface area contributed by atoms with E-state index in [-0.39, 0.29) is 6.54 Å². The van der Waals surface area contributed by atoms with Gasteiger partial charge in [-0.1, -0.05) is 6.92 Å². The minimum Gasteiger partial charge on any atom is -0.330 e. The Morgan fingerprint density at radius 3 is 2.15 bits per heavy atom. The number of halogens is 3. The van der Waals surface area contributed by atoms with Crippen molar-refractivity contribution in [2.75, 3.05) is 6.54 Å². The molecule has 4 nitrogen and oxygen atoms in total. The fraction of sp³-hybridized carbons (Fsp3) is 0.500. The third-order valence-corrected chi connectivity index (χ3v) is 4.78. The number of sulfonamides is 1. The predicted molar refractivity (Wildman–Crippen MR) is 69.0 cm³/mol. The standard InChI is InChI=1S/C12H17F3N2O2S/c1-3-12(2,4-5-16)17-20(18,19)11-9(14)6-8(13)7-10(11)15/h6-7,17H,3-5,16H2,1-2H3. The van der Waals surface area contributed by atoms with Gasteiger partial charge in [-0.2, -0.15) is 0 Å². The van der Waals surface area contributed by atoms with Crippen molar-refractivity contribution in [1.82, 2.24) is 4.72 Å². The van der Waals surface area contributed by atoms with E-state index in [4.69, 9.17) is 5.73 Å². The summed E-state index contributed by atoms with van der Waals surface area (Å²) in [6, 6.07) is 0.647. The Morgan fingerprint density at radius 1 is 1.25 bits per heavy atom. The van der Waals surface area contributed by atoms with Crippen molar-refractivity contribution in [2.24, 2.45) is 5.73 Å². The van der Waals surface area contributed by atoms with Crippen molar-refractivity contribution in [1.29, 1.82) is 0 Å². The highest BCUT2D eigenvalue weighted by atomic mass is 32.2. The van der Waals surface area contributed by atoms with Crippen LogP contribution < -0.4 is 10.5 Å². The number of nitrogens with one attached hydrogen (secondary N) is 1. The molecule has 1 rings (SSSR count). The van der Waals surface area contributed by atoms with Crippen molar-refractivity contribution in [3.05, 3.63) is 29.6 Å². The molecule has 3 N–H and O–H groups in total. The van der Waals surface area contributed by atoms with Gasteiger partial charge in [0, 0.05) is 17.7 Å².